The van der Waals surface area contributed by atoms with Gasteiger partial charge in [-0.25, -0.2) is 0 Å². The summed E-state index contributed by atoms with van der Waals surface area (Å²) in [6, 6.07) is 0. The van der Waals surface area contributed by atoms with E-state index < -0.39 is 0 Å². The molecular formula is C14H19Cl3Ti. The fourth-order valence-corrected chi connectivity index (χ4v) is 4.80. The summed E-state index contributed by atoms with van der Waals surface area (Å²) in [5.74, 6) is 0.811. The van der Waals surface area contributed by atoms with Crippen LogP contribution in [-0.4, -0.2) is 0 Å². The topological polar surface area (TPSA) is 0 Å². The minimum absolute atomic E-state index is 0. The molecule has 3 aliphatic rings. The molecule has 3 rings (SSSR count). The van der Waals surface area contributed by atoms with E-state index in [-0.39, 0.29) is 37.2 Å². The maximum atomic E-state index is 2.46. The largest absolute Gasteiger partial charge is 1.00 e. The zero-order valence-electron chi connectivity index (χ0n) is 10.7. The van der Waals surface area contributed by atoms with Crippen LogP contribution in [0.15, 0.2) is 22.3 Å². The molecule has 0 amide bonds. The van der Waals surface area contributed by atoms with Crippen LogP contribution in [0.25, 0.3) is 0 Å². The summed E-state index contributed by atoms with van der Waals surface area (Å²) in [5.41, 5.74) is 7.30. The van der Waals surface area contributed by atoms with Gasteiger partial charge in [0.1, 0.15) is 0 Å². The molecule has 0 aliphatic heterocycles. The zero-order valence-corrected chi connectivity index (χ0v) is 14.6. The van der Waals surface area contributed by atoms with Crippen molar-refractivity contribution >= 4 is 0 Å². The molecule has 0 nitrogen and oxygen atoms in total. The first-order valence-corrected chi connectivity index (χ1v) is 7.35. The first-order chi connectivity index (χ1) is 7.29. The van der Waals surface area contributed by atoms with Gasteiger partial charge in [-0.15, -0.1) is 0 Å². The summed E-state index contributed by atoms with van der Waals surface area (Å²) in [5, 5.41) is 0. The molecule has 0 saturated carbocycles. The number of allylic oxidation sites excluding steroid dienone is 4. The number of hydrogen-bond donors (Lipinski definition) is 0. The summed E-state index contributed by atoms with van der Waals surface area (Å²) < 4.78 is 0.870. The van der Waals surface area contributed by atoms with Gasteiger partial charge in [-0.3, -0.25) is 0 Å². The van der Waals surface area contributed by atoms with Crippen molar-refractivity contribution < 1.29 is 57.7 Å². The van der Waals surface area contributed by atoms with Crippen molar-refractivity contribution in [1.82, 2.24) is 0 Å². The van der Waals surface area contributed by atoms with Gasteiger partial charge < -0.3 is 37.2 Å². The molecule has 0 aromatic carbocycles. The second kappa shape index (κ2) is 7.74. The predicted molar refractivity (Wildman–Crippen MR) is 59.3 cm³/mol. The van der Waals surface area contributed by atoms with Gasteiger partial charge in [0.25, 0.3) is 0 Å². The first-order valence-electron chi connectivity index (χ1n) is 6.45. The number of hydrogen-bond acceptors (Lipinski definition) is 0. The molecule has 0 saturated heterocycles. The van der Waals surface area contributed by atoms with E-state index in [2.05, 4.69) is 27.4 Å². The quantitative estimate of drug-likeness (QED) is 0.389. The normalized spacial score (nSPS) is 29.7. The Bertz CT molecular complexity index is 360. The van der Waals surface area contributed by atoms with E-state index in [1.165, 1.54) is 44.9 Å². The minimum atomic E-state index is 0. The van der Waals surface area contributed by atoms with Crippen LogP contribution in [0.3, 0.4) is 0 Å². The van der Waals surface area contributed by atoms with Crippen LogP contribution in [0, 0.1) is 5.92 Å². The van der Waals surface area contributed by atoms with Crippen molar-refractivity contribution in [3.63, 3.8) is 0 Å². The predicted octanol–water partition coefficient (Wildman–Crippen LogP) is -4.67. The third-order valence-corrected chi connectivity index (χ3v) is 5.44. The van der Waals surface area contributed by atoms with Crippen molar-refractivity contribution in [1.29, 1.82) is 0 Å². The summed E-state index contributed by atoms with van der Waals surface area (Å²) in [6.45, 7) is 2.46. The van der Waals surface area contributed by atoms with Crippen LogP contribution < -0.4 is 37.2 Å². The van der Waals surface area contributed by atoms with Gasteiger partial charge in [0.15, 0.2) is 0 Å². The van der Waals surface area contributed by atoms with Gasteiger partial charge in [0.2, 0.25) is 0 Å². The van der Waals surface area contributed by atoms with Crippen molar-refractivity contribution in [2.75, 3.05) is 0 Å². The smallest absolute Gasteiger partial charge is 1.00 e. The van der Waals surface area contributed by atoms with E-state index in [1.807, 2.05) is 22.3 Å². The van der Waals surface area contributed by atoms with Crippen LogP contribution >= 0.6 is 0 Å². The molecule has 2 unspecified atom stereocenters. The monoisotopic (exact) mass is 340 g/mol. The van der Waals surface area contributed by atoms with E-state index in [0.717, 1.165) is 10.1 Å². The van der Waals surface area contributed by atoms with Crippen LogP contribution in [0.5, 0.6) is 0 Å². The molecule has 0 bridgehead atoms. The molecule has 0 spiro atoms. The molecular weight excluding hydrogens is 322 g/mol. The molecule has 0 fully saturated rings. The van der Waals surface area contributed by atoms with Crippen LogP contribution in [-0.2, 0) is 20.4 Å². The van der Waals surface area contributed by atoms with E-state index >= 15 is 0 Å². The average molecular weight is 342 g/mol. The van der Waals surface area contributed by atoms with E-state index in [9.17, 15) is 0 Å². The zero-order chi connectivity index (χ0) is 10.4. The number of fused-ring (bicyclic) bond motifs is 1. The third kappa shape index (κ3) is 3.04. The van der Waals surface area contributed by atoms with Crippen molar-refractivity contribution in [2.45, 2.75) is 56.1 Å². The Morgan fingerprint density at radius 2 is 1.50 bits per heavy atom. The molecule has 0 aromatic heterocycles. The van der Waals surface area contributed by atoms with Crippen molar-refractivity contribution in [3.05, 3.63) is 22.3 Å². The van der Waals surface area contributed by atoms with Gasteiger partial charge in [0, 0.05) is 0 Å². The maximum absolute atomic E-state index is 2.46. The van der Waals surface area contributed by atoms with E-state index in [4.69, 9.17) is 0 Å². The molecule has 18 heavy (non-hydrogen) atoms. The first kappa shape index (κ1) is 19.1. The Labute approximate surface area is 141 Å². The van der Waals surface area contributed by atoms with Crippen LogP contribution in [0.4, 0.5) is 0 Å². The minimum Gasteiger partial charge on any atom is -1.00 e. The third-order valence-electron chi connectivity index (χ3n) is 4.51. The SMILES string of the molecule is CC1C2=C(CCCC2)C2=C1[CH]([Ti+3])CCC2.[Cl-].[Cl-].[Cl-]. The Balaban J connectivity index is 0.000000963. The standard InChI is InChI=1S/C14H19.3ClH.Ti/c1-10-11-6-2-4-8-13(11)14-9-5-3-7-12(10)14;;;;/h6,10H,2-5,7-9H2,1H3;3*1H;/q;;;;+3/p-3. The second-order valence-electron chi connectivity index (χ2n) is 5.31. The molecule has 0 heterocycles. The summed E-state index contributed by atoms with van der Waals surface area (Å²) in [4.78, 5) is 0. The van der Waals surface area contributed by atoms with Crippen molar-refractivity contribution in [2.24, 2.45) is 5.92 Å². The summed E-state index contributed by atoms with van der Waals surface area (Å²) in [7, 11) is 0. The van der Waals surface area contributed by atoms with E-state index in [1.54, 1.807) is 0 Å². The number of halogens is 3. The van der Waals surface area contributed by atoms with Gasteiger partial charge in [-0.1, -0.05) is 0 Å². The molecule has 0 aromatic rings. The van der Waals surface area contributed by atoms with Gasteiger partial charge in [0.05, 0.1) is 0 Å². The van der Waals surface area contributed by atoms with Crippen LogP contribution in [0.2, 0.25) is 4.22 Å². The fourth-order valence-electron chi connectivity index (χ4n) is 3.82. The van der Waals surface area contributed by atoms with E-state index in [0.29, 0.717) is 0 Å². The molecule has 0 radical (unpaired) electrons. The Morgan fingerprint density at radius 1 is 0.889 bits per heavy atom. The van der Waals surface area contributed by atoms with Gasteiger partial charge in [-0.2, -0.15) is 0 Å². The molecule has 0 N–H and O–H groups in total. The van der Waals surface area contributed by atoms with Crippen molar-refractivity contribution in [3.8, 4) is 0 Å². The fraction of sp³-hybridized carbons (Fsp3) is 0.714. The molecule has 3 aliphatic carbocycles. The van der Waals surface area contributed by atoms with Gasteiger partial charge in [-0.05, 0) is 0 Å². The second-order valence-corrected chi connectivity index (χ2v) is 6.40. The Morgan fingerprint density at radius 3 is 2.22 bits per heavy atom. The number of rotatable bonds is 0. The Hall–Kier alpha value is 1.06. The molecule has 100 valence electrons. The maximum Gasteiger partial charge on any atom is -1.00 e. The van der Waals surface area contributed by atoms with Crippen LogP contribution in [0.1, 0.15) is 51.9 Å². The summed E-state index contributed by atoms with van der Waals surface area (Å²) in [6.07, 6.45) is 9.94. The Kier molecular flexibility index (Phi) is 8.20. The average Bonchev–Trinajstić information content (AvgIpc) is 2.55. The summed E-state index contributed by atoms with van der Waals surface area (Å²) >= 11 is 2.45. The van der Waals surface area contributed by atoms with Gasteiger partial charge >= 0.3 is 105 Å². The molecule has 2 atom stereocenters. The molecule has 4 heteroatoms.